The van der Waals surface area contributed by atoms with E-state index in [1.807, 2.05) is 43.3 Å². The zero-order valence-electron chi connectivity index (χ0n) is 17.2. The monoisotopic (exact) mass is 404 g/mol. The number of rotatable bonds is 5. The Morgan fingerprint density at radius 2 is 1.97 bits per heavy atom. The molecule has 1 aromatic heterocycles. The van der Waals surface area contributed by atoms with Gasteiger partial charge in [0.2, 0.25) is 0 Å². The van der Waals surface area contributed by atoms with E-state index in [9.17, 15) is 9.90 Å². The molecular weight excluding hydrogens is 376 g/mol. The number of ether oxygens (including phenoxy) is 1. The number of aryl methyl sites for hydroxylation is 2. The number of Topliss-reactive ketones (excluding diaryl/α,β-unsaturated/α-hetero) is 1. The Hall–Kier alpha value is -2.63. The fourth-order valence-corrected chi connectivity index (χ4v) is 4.98. The van der Waals surface area contributed by atoms with Crippen LogP contribution in [0.5, 0.6) is 5.75 Å². The molecule has 1 fully saturated rings. The second kappa shape index (κ2) is 7.89. The summed E-state index contributed by atoms with van der Waals surface area (Å²) >= 11 is 0. The van der Waals surface area contributed by atoms with Crippen molar-refractivity contribution in [2.75, 3.05) is 6.54 Å². The van der Waals surface area contributed by atoms with Crippen molar-refractivity contribution in [2.45, 2.75) is 50.9 Å². The number of hydrogen-bond donors (Lipinski definition) is 3. The molecule has 4 atom stereocenters. The average Bonchev–Trinajstić information content (AvgIpc) is 3.30. The summed E-state index contributed by atoms with van der Waals surface area (Å²) in [4.78, 5) is 16.1. The Bertz CT molecular complexity index is 1070. The molecule has 3 aromatic rings. The van der Waals surface area contributed by atoms with Crippen molar-refractivity contribution in [3.05, 3.63) is 65.5 Å². The Morgan fingerprint density at radius 3 is 2.87 bits per heavy atom. The van der Waals surface area contributed by atoms with Crippen molar-refractivity contribution in [3.63, 3.8) is 0 Å². The molecule has 1 heterocycles. The molecule has 2 aliphatic rings. The number of hydrogen-bond acceptors (Lipinski definition) is 4. The molecule has 0 bridgehead atoms. The Morgan fingerprint density at radius 1 is 1.13 bits per heavy atom. The van der Waals surface area contributed by atoms with E-state index in [2.05, 4.69) is 22.4 Å². The van der Waals surface area contributed by atoms with Crippen molar-refractivity contribution in [2.24, 2.45) is 5.92 Å². The van der Waals surface area contributed by atoms with Crippen LogP contribution in [0, 0.1) is 12.8 Å². The summed E-state index contributed by atoms with van der Waals surface area (Å²) in [5, 5.41) is 16.5. The minimum absolute atomic E-state index is 0.0297. The molecule has 5 nitrogen and oxygen atoms in total. The highest BCUT2D eigenvalue weighted by molar-refractivity contribution is 6.00. The molecule has 0 radical (unpaired) electrons. The van der Waals surface area contributed by atoms with Crippen LogP contribution in [0.4, 0.5) is 0 Å². The van der Waals surface area contributed by atoms with E-state index in [1.54, 1.807) is 0 Å². The van der Waals surface area contributed by atoms with Crippen molar-refractivity contribution in [1.29, 1.82) is 0 Å². The van der Waals surface area contributed by atoms with E-state index >= 15 is 0 Å². The SMILES string of the molecule is Cc1cc2c([nH]1)CCC(CNC1CCC(Oc3cccc4ccccc34)C1O)C2=O. The average molecular weight is 405 g/mol. The number of fused-ring (bicyclic) bond motifs is 2. The molecule has 0 spiro atoms. The van der Waals surface area contributed by atoms with Crippen LogP contribution >= 0.6 is 0 Å². The standard InChI is InChI=1S/C25H28N2O3/c1-15-13-19-20(27-15)10-9-17(24(19)28)14-26-21-11-12-23(25(21)29)30-22-8-4-6-16-5-2-3-7-18(16)22/h2-8,13,17,21,23,25-27,29H,9-12,14H2,1H3. The Labute approximate surface area is 176 Å². The summed E-state index contributed by atoms with van der Waals surface area (Å²) < 4.78 is 6.23. The van der Waals surface area contributed by atoms with Crippen LogP contribution in [0.2, 0.25) is 0 Å². The predicted octanol–water partition coefficient (Wildman–Crippen LogP) is 3.78. The van der Waals surface area contributed by atoms with Gasteiger partial charge in [-0.05, 0) is 50.1 Å². The number of aromatic nitrogens is 1. The molecule has 0 amide bonds. The molecule has 1 saturated carbocycles. The minimum atomic E-state index is -0.590. The van der Waals surface area contributed by atoms with Gasteiger partial charge in [0.25, 0.3) is 0 Å². The number of carbonyl (C=O) groups is 1. The van der Waals surface area contributed by atoms with Gasteiger partial charge in [-0.3, -0.25) is 4.79 Å². The van der Waals surface area contributed by atoms with E-state index in [0.29, 0.717) is 6.54 Å². The van der Waals surface area contributed by atoms with E-state index < -0.39 is 6.10 Å². The number of aliphatic hydroxyl groups is 1. The second-order valence-electron chi connectivity index (χ2n) is 8.66. The maximum absolute atomic E-state index is 12.8. The third-order valence-electron chi connectivity index (χ3n) is 6.62. The predicted molar refractivity (Wildman–Crippen MR) is 117 cm³/mol. The largest absolute Gasteiger partial charge is 0.487 e. The molecule has 0 aliphatic heterocycles. The Kier molecular flexibility index (Phi) is 5.09. The summed E-state index contributed by atoms with van der Waals surface area (Å²) in [7, 11) is 0. The molecule has 156 valence electrons. The van der Waals surface area contributed by atoms with Gasteiger partial charge in [-0.15, -0.1) is 0 Å². The van der Waals surface area contributed by atoms with Gasteiger partial charge in [-0.25, -0.2) is 0 Å². The lowest BCUT2D eigenvalue weighted by molar-refractivity contribution is 0.0450. The molecular formula is C25H28N2O3. The number of H-pyrrole nitrogens is 1. The number of benzene rings is 2. The first-order chi connectivity index (χ1) is 14.6. The summed E-state index contributed by atoms with van der Waals surface area (Å²) in [5.41, 5.74) is 2.95. The lowest BCUT2D eigenvalue weighted by Crippen LogP contribution is -2.44. The second-order valence-corrected chi connectivity index (χ2v) is 8.66. The smallest absolute Gasteiger partial charge is 0.169 e. The van der Waals surface area contributed by atoms with Crippen molar-refractivity contribution in [3.8, 4) is 5.75 Å². The lowest BCUT2D eigenvalue weighted by atomic mass is 9.86. The quantitative estimate of drug-likeness (QED) is 0.605. The molecule has 30 heavy (non-hydrogen) atoms. The minimum Gasteiger partial charge on any atom is -0.487 e. The zero-order valence-corrected chi connectivity index (χ0v) is 17.2. The van der Waals surface area contributed by atoms with Gasteiger partial charge >= 0.3 is 0 Å². The summed E-state index contributed by atoms with van der Waals surface area (Å²) in [6.07, 6.45) is 2.55. The summed E-state index contributed by atoms with van der Waals surface area (Å²) in [6.45, 7) is 2.59. The van der Waals surface area contributed by atoms with Crippen LogP contribution in [0.1, 0.15) is 41.0 Å². The van der Waals surface area contributed by atoms with Gasteiger partial charge in [0.15, 0.2) is 5.78 Å². The van der Waals surface area contributed by atoms with E-state index in [0.717, 1.165) is 59.2 Å². The lowest BCUT2D eigenvalue weighted by Gasteiger charge is -2.26. The van der Waals surface area contributed by atoms with Crippen molar-refractivity contribution < 1.29 is 14.6 Å². The molecule has 2 aliphatic carbocycles. The van der Waals surface area contributed by atoms with Gasteiger partial charge in [0, 0.05) is 40.8 Å². The molecule has 5 heteroatoms. The van der Waals surface area contributed by atoms with E-state index in [1.165, 1.54) is 0 Å². The number of aromatic amines is 1. The fraction of sp³-hybridized carbons (Fsp3) is 0.400. The van der Waals surface area contributed by atoms with Gasteiger partial charge in [-0.1, -0.05) is 36.4 Å². The van der Waals surface area contributed by atoms with Gasteiger partial charge in [0.1, 0.15) is 18.0 Å². The maximum atomic E-state index is 12.8. The third-order valence-corrected chi connectivity index (χ3v) is 6.62. The third kappa shape index (κ3) is 3.53. The van der Waals surface area contributed by atoms with Crippen molar-refractivity contribution >= 4 is 16.6 Å². The number of carbonyl (C=O) groups excluding carboxylic acids is 1. The highest BCUT2D eigenvalue weighted by Gasteiger charge is 2.37. The van der Waals surface area contributed by atoms with E-state index in [4.69, 9.17) is 4.74 Å². The first-order valence-electron chi connectivity index (χ1n) is 10.9. The van der Waals surface area contributed by atoms with Gasteiger partial charge in [-0.2, -0.15) is 0 Å². The molecule has 0 saturated heterocycles. The van der Waals surface area contributed by atoms with Crippen LogP contribution in [-0.2, 0) is 6.42 Å². The van der Waals surface area contributed by atoms with Crippen LogP contribution in [0.15, 0.2) is 48.5 Å². The highest BCUT2D eigenvalue weighted by Crippen LogP contribution is 2.31. The van der Waals surface area contributed by atoms with Crippen LogP contribution in [0.25, 0.3) is 10.8 Å². The topological polar surface area (TPSA) is 74.3 Å². The fourth-order valence-electron chi connectivity index (χ4n) is 4.98. The molecule has 3 N–H and O–H groups in total. The first kappa shape index (κ1) is 19.3. The highest BCUT2D eigenvalue weighted by atomic mass is 16.5. The normalized spacial score (nSPS) is 26.1. The first-order valence-corrected chi connectivity index (χ1v) is 10.9. The summed E-state index contributed by atoms with van der Waals surface area (Å²) in [6, 6.07) is 16.1. The van der Waals surface area contributed by atoms with Crippen LogP contribution in [0.3, 0.4) is 0 Å². The van der Waals surface area contributed by atoms with Gasteiger partial charge in [0.05, 0.1) is 0 Å². The number of ketones is 1. The Balaban J connectivity index is 1.21. The maximum Gasteiger partial charge on any atom is 0.169 e. The van der Waals surface area contributed by atoms with Crippen LogP contribution in [-0.4, -0.2) is 40.7 Å². The van der Waals surface area contributed by atoms with Crippen molar-refractivity contribution in [1.82, 2.24) is 10.3 Å². The van der Waals surface area contributed by atoms with Gasteiger partial charge < -0.3 is 20.1 Å². The number of nitrogens with one attached hydrogen (secondary N) is 2. The van der Waals surface area contributed by atoms with E-state index in [-0.39, 0.29) is 23.8 Å². The zero-order chi connectivity index (χ0) is 20.7. The molecule has 2 aromatic carbocycles. The molecule has 5 rings (SSSR count). The summed E-state index contributed by atoms with van der Waals surface area (Å²) in [5.74, 6) is 0.998. The van der Waals surface area contributed by atoms with Crippen LogP contribution < -0.4 is 10.1 Å². The number of aliphatic hydroxyl groups excluding tert-OH is 1. The molecule has 4 unspecified atom stereocenters.